The second kappa shape index (κ2) is 8.18. The van der Waals surface area contributed by atoms with Crippen molar-refractivity contribution in [3.05, 3.63) is 57.3 Å². The Morgan fingerprint density at radius 1 is 1.21 bits per heavy atom. The van der Waals surface area contributed by atoms with Gasteiger partial charge >= 0.3 is 0 Å². The fraction of sp³-hybridized carbons (Fsp3) is 0.478. The van der Waals surface area contributed by atoms with Gasteiger partial charge in [0.05, 0.1) is 33.9 Å². The molecule has 10 heteroatoms. The van der Waals surface area contributed by atoms with Crippen LogP contribution in [0.15, 0.2) is 29.2 Å². The van der Waals surface area contributed by atoms with E-state index in [1.54, 1.807) is 10.9 Å². The van der Waals surface area contributed by atoms with Gasteiger partial charge in [-0.15, -0.1) is 11.8 Å². The van der Waals surface area contributed by atoms with Gasteiger partial charge in [0.1, 0.15) is 5.82 Å². The van der Waals surface area contributed by atoms with Crippen molar-refractivity contribution in [1.29, 1.82) is 0 Å². The quantitative estimate of drug-likeness (QED) is 0.611. The molecule has 2 aliphatic rings. The Morgan fingerprint density at radius 2 is 2.03 bits per heavy atom. The van der Waals surface area contributed by atoms with E-state index < -0.39 is 0 Å². The molecule has 9 nitrogen and oxygen atoms in total. The molecule has 3 aromatic rings. The van der Waals surface area contributed by atoms with Crippen LogP contribution in [0.3, 0.4) is 0 Å². The van der Waals surface area contributed by atoms with Gasteiger partial charge in [-0.1, -0.05) is 6.07 Å². The van der Waals surface area contributed by atoms with Crippen molar-refractivity contribution in [3.8, 4) is 5.82 Å². The Labute approximate surface area is 195 Å². The molecular formula is C23H28N6O3S. The van der Waals surface area contributed by atoms with Crippen molar-refractivity contribution in [3.63, 3.8) is 0 Å². The molecule has 2 aliphatic heterocycles. The normalized spacial score (nSPS) is 22.5. The number of amides is 1. The number of pyridine rings is 1. The molecule has 33 heavy (non-hydrogen) atoms. The summed E-state index contributed by atoms with van der Waals surface area (Å²) in [7, 11) is 0. The van der Waals surface area contributed by atoms with E-state index in [0.717, 1.165) is 29.8 Å². The zero-order valence-electron chi connectivity index (χ0n) is 19.2. The van der Waals surface area contributed by atoms with E-state index in [9.17, 15) is 9.59 Å². The van der Waals surface area contributed by atoms with Crippen molar-refractivity contribution in [2.45, 2.75) is 57.4 Å². The van der Waals surface area contributed by atoms with Crippen molar-refractivity contribution >= 4 is 23.5 Å². The Kier molecular flexibility index (Phi) is 5.44. The number of ether oxygens (including phenoxy) is 1. The van der Waals surface area contributed by atoms with Crippen LogP contribution in [0.1, 0.15) is 60.5 Å². The topological polar surface area (TPSA) is 107 Å². The highest BCUT2D eigenvalue weighted by Gasteiger charge is 2.37. The van der Waals surface area contributed by atoms with E-state index in [0.29, 0.717) is 23.8 Å². The number of hydrogen-bond acceptors (Lipinski definition) is 6. The third-order valence-electron chi connectivity index (χ3n) is 6.38. The molecule has 2 unspecified atom stereocenters. The van der Waals surface area contributed by atoms with Gasteiger partial charge in [0.25, 0.3) is 5.56 Å². The lowest BCUT2D eigenvalue weighted by molar-refractivity contribution is -0.113. The highest BCUT2D eigenvalue weighted by molar-refractivity contribution is 8.00. The minimum Gasteiger partial charge on any atom is -0.375 e. The highest BCUT2D eigenvalue weighted by atomic mass is 32.2. The molecule has 1 fully saturated rings. The summed E-state index contributed by atoms with van der Waals surface area (Å²) in [5.41, 5.74) is 2.76. The van der Waals surface area contributed by atoms with Crippen LogP contribution in [0.2, 0.25) is 0 Å². The number of aryl methyl sites for hydroxylation is 1. The molecule has 0 saturated carbocycles. The number of anilines is 1. The van der Waals surface area contributed by atoms with E-state index >= 15 is 0 Å². The smallest absolute Gasteiger partial charge is 0.270 e. The maximum Gasteiger partial charge on any atom is 0.270 e. The Balaban J connectivity index is 1.63. The zero-order valence-corrected chi connectivity index (χ0v) is 20.0. The van der Waals surface area contributed by atoms with Gasteiger partial charge in [0, 0.05) is 24.1 Å². The molecular weight excluding hydrogens is 440 g/mol. The van der Waals surface area contributed by atoms with Crippen molar-refractivity contribution < 1.29 is 9.53 Å². The summed E-state index contributed by atoms with van der Waals surface area (Å²) in [6.07, 6.45) is 3.24. The number of fused-ring (bicyclic) bond motifs is 1. The van der Waals surface area contributed by atoms with Crippen LogP contribution in [0.5, 0.6) is 0 Å². The number of aromatic nitrogens is 5. The summed E-state index contributed by atoms with van der Waals surface area (Å²) in [5, 5.41) is 10.4. The summed E-state index contributed by atoms with van der Waals surface area (Å²) >= 11 is 1.45. The fourth-order valence-corrected chi connectivity index (χ4v) is 6.19. The second-order valence-electron chi connectivity index (χ2n) is 9.25. The van der Waals surface area contributed by atoms with Crippen molar-refractivity contribution in [2.24, 2.45) is 0 Å². The molecule has 0 aromatic carbocycles. The fourth-order valence-electron chi connectivity index (χ4n) is 4.90. The lowest BCUT2D eigenvalue weighted by atomic mass is 9.94. The van der Waals surface area contributed by atoms with Gasteiger partial charge in [0.2, 0.25) is 5.91 Å². The predicted octanol–water partition coefficient (Wildman–Crippen LogP) is 3.28. The van der Waals surface area contributed by atoms with Crippen LogP contribution in [0.4, 0.5) is 5.82 Å². The molecule has 174 valence electrons. The first-order valence-corrected chi connectivity index (χ1v) is 12.2. The SMILES string of the molecule is Cc1nn(-c2ccccn2)c(C)c1C1SCC(=O)Nc2c1c(=O)[nH]n2C1CCOC(C)(C)C1. The number of carbonyl (C=O) groups is 1. The van der Waals surface area contributed by atoms with Crippen LogP contribution in [-0.4, -0.2) is 48.4 Å². The van der Waals surface area contributed by atoms with E-state index in [1.807, 2.05) is 36.7 Å². The largest absolute Gasteiger partial charge is 0.375 e. The molecule has 2 atom stereocenters. The van der Waals surface area contributed by atoms with Gasteiger partial charge in [-0.2, -0.15) is 5.10 Å². The second-order valence-corrected chi connectivity index (χ2v) is 10.3. The Hall–Kier alpha value is -2.85. The number of nitrogens with one attached hydrogen (secondary N) is 2. The van der Waals surface area contributed by atoms with Crippen LogP contribution in [-0.2, 0) is 9.53 Å². The number of thioether (sulfide) groups is 1. The third-order valence-corrected chi connectivity index (χ3v) is 7.61. The summed E-state index contributed by atoms with van der Waals surface area (Å²) in [5.74, 6) is 1.42. The van der Waals surface area contributed by atoms with Gasteiger partial charge in [-0.05, 0) is 52.7 Å². The van der Waals surface area contributed by atoms with Crippen LogP contribution >= 0.6 is 11.8 Å². The molecule has 3 aromatic heterocycles. The van der Waals surface area contributed by atoms with Crippen molar-refractivity contribution in [2.75, 3.05) is 17.7 Å². The molecule has 0 spiro atoms. The summed E-state index contributed by atoms with van der Waals surface area (Å²) < 4.78 is 9.52. The minimum absolute atomic E-state index is 0.0349. The van der Waals surface area contributed by atoms with E-state index in [-0.39, 0.29) is 34.1 Å². The Morgan fingerprint density at radius 3 is 2.76 bits per heavy atom. The average molecular weight is 469 g/mol. The molecule has 5 heterocycles. The van der Waals surface area contributed by atoms with E-state index in [1.165, 1.54) is 11.8 Å². The number of hydrogen-bond donors (Lipinski definition) is 2. The third kappa shape index (κ3) is 3.91. The standard InChI is InChI=1S/C23H28N6O3S/c1-13-18(14(2)28(26-13)16-7-5-6-9-24-16)20-19-21(25-17(30)12-33-20)29(27-22(19)31)15-8-10-32-23(3,4)11-15/h5-7,9,15,20H,8,10-12H2,1-4H3,(H,25,30)(H,27,31). The van der Waals surface area contributed by atoms with Gasteiger partial charge in [0.15, 0.2) is 5.82 Å². The molecule has 5 rings (SSSR count). The van der Waals surface area contributed by atoms with Gasteiger partial charge in [-0.25, -0.2) is 9.67 Å². The predicted molar refractivity (Wildman–Crippen MR) is 127 cm³/mol. The maximum absolute atomic E-state index is 13.3. The lowest BCUT2D eigenvalue weighted by Gasteiger charge is -2.36. The van der Waals surface area contributed by atoms with E-state index in [2.05, 4.69) is 29.2 Å². The van der Waals surface area contributed by atoms with Crippen LogP contribution in [0, 0.1) is 13.8 Å². The molecule has 0 aliphatic carbocycles. The number of nitrogens with zero attached hydrogens (tertiary/aromatic N) is 4. The number of carbonyl (C=O) groups excluding carboxylic acids is 1. The number of H-pyrrole nitrogens is 1. The lowest BCUT2D eigenvalue weighted by Crippen LogP contribution is -2.36. The first kappa shape index (κ1) is 22.0. The van der Waals surface area contributed by atoms with Gasteiger partial charge in [-0.3, -0.25) is 19.4 Å². The van der Waals surface area contributed by atoms with Crippen molar-refractivity contribution in [1.82, 2.24) is 24.5 Å². The summed E-state index contributed by atoms with van der Waals surface area (Å²) in [6, 6.07) is 5.71. The first-order chi connectivity index (χ1) is 15.7. The zero-order chi connectivity index (χ0) is 23.3. The molecule has 0 bridgehead atoms. The summed E-state index contributed by atoms with van der Waals surface area (Å²) in [6.45, 7) is 8.63. The van der Waals surface area contributed by atoms with Crippen LogP contribution in [0.25, 0.3) is 5.82 Å². The number of rotatable bonds is 3. The summed E-state index contributed by atoms with van der Waals surface area (Å²) in [4.78, 5) is 30.4. The Bertz CT molecular complexity index is 1260. The first-order valence-electron chi connectivity index (χ1n) is 11.1. The molecule has 0 radical (unpaired) electrons. The van der Waals surface area contributed by atoms with Gasteiger partial charge < -0.3 is 10.1 Å². The minimum atomic E-state index is -0.325. The average Bonchev–Trinajstić information content (AvgIpc) is 3.18. The molecule has 1 saturated heterocycles. The van der Waals surface area contributed by atoms with Crippen LogP contribution < -0.4 is 10.9 Å². The van der Waals surface area contributed by atoms with E-state index in [4.69, 9.17) is 9.84 Å². The molecule has 1 amide bonds. The molecule has 2 N–H and O–H groups in total. The highest BCUT2D eigenvalue weighted by Crippen LogP contribution is 2.44. The maximum atomic E-state index is 13.3. The number of aromatic amines is 1. The monoisotopic (exact) mass is 468 g/mol.